The van der Waals surface area contributed by atoms with Crippen molar-refractivity contribution in [2.24, 2.45) is 0 Å². The largest absolute Gasteiger partial charge is 0.423 e. The van der Waals surface area contributed by atoms with Crippen LogP contribution in [0.25, 0.3) is 11.0 Å². The Morgan fingerprint density at radius 2 is 1.89 bits per heavy atom. The lowest BCUT2D eigenvalue weighted by Crippen LogP contribution is -3.24. The molecule has 152 valence electrons. The molecule has 5 nitrogen and oxygen atoms in total. The molecule has 2 aromatic rings. The Morgan fingerprint density at radius 3 is 2.64 bits per heavy atom. The first kappa shape index (κ1) is 19.9. The van der Waals surface area contributed by atoms with Crippen LogP contribution in [0.15, 0.2) is 27.4 Å². The van der Waals surface area contributed by atoms with Crippen LogP contribution >= 0.6 is 11.6 Å². The summed E-state index contributed by atoms with van der Waals surface area (Å²) < 4.78 is 11.0. The zero-order valence-corrected chi connectivity index (χ0v) is 17.4. The molecule has 0 radical (unpaired) electrons. The second-order valence-electron chi connectivity index (χ2n) is 8.44. The maximum absolute atomic E-state index is 12.0. The van der Waals surface area contributed by atoms with E-state index in [9.17, 15) is 4.79 Å². The summed E-state index contributed by atoms with van der Waals surface area (Å²) in [6, 6.07) is 5.42. The first-order valence-electron chi connectivity index (χ1n) is 10.5. The highest BCUT2D eigenvalue weighted by Gasteiger charge is 2.44. The Bertz CT molecular complexity index is 883. The standard InChI is InChI=1S/C22H29ClN2O3/c1-16-11-20-18(13-19(16)23)17(12-21(26)28-20)14-24-15-22(5-3-2-4-6-22)25-7-9-27-10-8-25/h11-13,24H,2-10,14-15H2,1H3/p+2. The van der Waals surface area contributed by atoms with E-state index in [1.807, 2.05) is 19.1 Å². The molecule has 3 N–H and O–H groups in total. The van der Waals surface area contributed by atoms with E-state index in [0.29, 0.717) is 16.1 Å². The summed E-state index contributed by atoms with van der Waals surface area (Å²) in [5, 5.41) is 4.04. The van der Waals surface area contributed by atoms with Gasteiger partial charge in [0.05, 0.1) is 13.2 Å². The first-order chi connectivity index (χ1) is 13.6. The summed E-state index contributed by atoms with van der Waals surface area (Å²) in [4.78, 5) is 13.8. The average molecular weight is 407 g/mol. The van der Waals surface area contributed by atoms with Crippen molar-refractivity contribution in [3.8, 4) is 0 Å². The van der Waals surface area contributed by atoms with Crippen molar-refractivity contribution < 1.29 is 19.4 Å². The Labute approximate surface area is 171 Å². The second kappa shape index (κ2) is 8.54. The number of ether oxygens (including phenoxy) is 1. The third kappa shape index (κ3) is 4.13. The highest BCUT2D eigenvalue weighted by molar-refractivity contribution is 6.32. The Morgan fingerprint density at radius 1 is 1.14 bits per heavy atom. The molecule has 6 heteroatoms. The van der Waals surface area contributed by atoms with Gasteiger partial charge in [-0.15, -0.1) is 0 Å². The van der Waals surface area contributed by atoms with Crippen LogP contribution in [-0.2, 0) is 11.3 Å². The zero-order valence-electron chi connectivity index (χ0n) is 16.7. The summed E-state index contributed by atoms with van der Waals surface area (Å²) in [5.41, 5.74) is 2.62. The molecule has 0 amide bonds. The number of morpholine rings is 1. The summed E-state index contributed by atoms with van der Waals surface area (Å²) in [6.45, 7) is 7.76. The Balaban J connectivity index is 1.53. The van der Waals surface area contributed by atoms with Crippen molar-refractivity contribution in [1.29, 1.82) is 0 Å². The van der Waals surface area contributed by atoms with E-state index in [4.69, 9.17) is 20.8 Å². The predicted octanol–water partition coefficient (Wildman–Crippen LogP) is 1.44. The molecule has 0 spiro atoms. The third-order valence-electron chi connectivity index (χ3n) is 6.67. The molecule has 2 heterocycles. The van der Waals surface area contributed by atoms with Gasteiger partial charge in [-0.3, -0.25) is 0 Å². The molecule has 1 aromatic heterocycles. The number of fused-ring (bicyclic) bond motifs is 1. The van der Waals surface area contributed by atoms with Gasteiger partial charge in [0.25, 0.3) is 0 Å². The molecular weight excluding hydrogens is 376 g/mol. The minimum atomic E-state index is -0.288. The van der Waals surface area contributed by atoms with Gasteiger partial charge in [-0.05, 0) is 37.5 Å². The fraction of sp³-hybridized carbons (Fsp3) is 0.591. The molecule has 1 aliphatic carbocycles. The third-order valence-corrected chi connectivity index (χ3v) is 7.07. The lowest BCUT2D eigenvalue weighted by Gasteiger charge is -2.43. The number of hydrogen-bond acceptors (Lipinski definition) is 3. The van der Waals surface area contributed by atoms with Crippen LogP contribution in [0.5, 0.6) is 0 Å². The highest BCUT2D eigenvalue weighted by Crippen LogP contribution is 2.26. The number of halogens is 1. The topological polar surface area (TPSA) is 60.5 Å². The van der Waals surface area contributed by atoms with E-state index in [1.165, 1.54) is 32.1 Å². The van der Waals surface area contributed by atoms with Crippen LogP contribution in [-0.4, -0.2) is 38.4 Å². The number of nitrogens with two attached hydrogens (primary N) is 1. The summed E-state index contributed by atoms with van der Waals surface area (Å²) in [7, 11) is 0. The minimum absolute atomic E-state index is 0.288. The highest BCUT2D eigenvalue weighted by atomic mass is 35.5. The zero-order chi connectivity index (χ0) is 19.6. The summed E-state index contributed by atoms with van der Waals surface area (Å²) >= 11 is 6.33. The van der Waals surface area contributed by atoms with Gasteiger partial charge in [0.15, 0.2) is 0 Å². The molecule has 2 aliphatic rings. The number of aryl methyl sites for hydroxylation is 1. The van der Waals surface area contributed by atoms with Gasteiger partial charge >= 0.3 is 5.63 Å². The fourth-order valence-corrected chi connectivity index (χ4v) is 5.26. The van der Waals surface area contributed by atoms with E-state index in [0.717, 1.165) is 55.9 Å². The Kier molecular flexibility index (Phi) is 6.07. The van der Waals surface area contributed by atoms with Gasteiger partial charge in [0, 0.05) is 34.9 Å². The van der Waals surface area contributed by atoms with Crippen molar-refractivity contribution >= 4 is 22.6 Å². The van der Waals surface area contributed by atoms with Crippen LogP contribution in [0.1, 0.15) is 43.2 Å². The van der Waals surface area contributed by atoms with Gasteiger partial charge in [-0.1, -0.05) is 18.0 Å². The molecule has 1 aromatic carbocycles. The number of benzene rings is 1. The van der Waals surface area contributed by atoms with Crippen LogP contribution < -0.4 is 15.8 Å². The molecule has 0 bridgehead atoms. The molecule has 28 heavy (non-hydrogen) atoms. The summed E-state index contributed by atoms with van der Waals surface area (Å²) in [6.07, 6.45) is 6.59. The van der Waals surface area contributed by atoms with Crippen molar-refractivity contribution in [2.75, 3.05) is 32.8 Å². The molecule has 1 saturated heterocycles. The SMILES string of the molecule is Cc1cc2oc(=O)cc(C[NH2+]CC3([NH+]4CCOCC4)CCCCC3)c2cc1Cl. The van der Waals surface area contributed by atoms with Crippen LogP contribution in [0.2, 0.25) is 5.02 Å². The molecular formula is C22H31ClN2O3+2. The lowest BCUT2D eigenvalue weighted by molar-refractivity contribution is -0.975. The van der Waals surface area contributed by atoms with Crippen molar-refractivity contribution in [1.82, 2.24) is 0 Å². The quantitative estimate of drug-likeness (QED) is 0.738. The Hall–Kier alpha value is -1.40. The fourth-order valence-electron chi connectivity index (χ4n) is 5.10. The lowest BCUT2D eigenvalue weighted by atomic mass is 9.79. The molecule has 1 aliphatic heterocycles. The number of quaternary nitrogens is 2. The molecule has 1 saturated carbocycles. The number of rotatable bonds is 5. The first-order valence-corrected chi connectivity index (χ1v) is 10.9. The predicted molar refractivity (Wildman–Crippen MR) is 110 cm³/mol. The average Bonchev–Trinajstić information content (AvgIpc) is 2.71. The summed E-state index contributed by atoms with van der Waals surface area (Å²) in [5.74, 6) is 0. The molecule has 0 atom stereocenters. The molecule has 2 fully saturated rings. The van der Waals surface area contributed by atoms with Crippen molar-refractivity contribution in [3.05, 3.63) is 44.8 Å². The maximum Gasteiger partial charge on any atom is 0.336 e. The second-order valence-corrected chi connectivity index (χ2v) is 8.85. The van der Waals surface area contributed by atoms with Gasteiger partial charge in [0.1, 0.15) is 37.3 Å². The number of nitrogens with one attached hydrogen (secondary N) is 1. The minimum Gasteiger partial charge on any atom is -0.423 e. The van der Waals surface area contributed by atoms with Gasteiger partial charge in [-0.2, -0.15) is 0 Å². The van der Waals surface area contributed by atoms with E-state index >= 15 is 0 Å². The van der Waals surface area contributed by atoms with Crippen molar-refractivity contribution in [2.45, 2.75) is 51.1 Å². The smallest absolute Gasteiger partial charge is 0.336 e. The molecule has 4 rings (SSSR count). The van der Waals surface area contributed by atoms with E-state index in [-0.39, 0.29) is 5.63 Å². The van der Waals surface area contributed by atoms with E-state index in [2.05, 4.69) is 5.32 Å². The van der Waals surface area contributed by atoms with Crippen molar-refractivity contribution in [3.63, 3.8) is 0 Å². The van der Waals surface area contributed by atoms with Gasteiger partial charge < -0.3 is 19.4 Å². The van der Waals surface area contributed by atoms with E-state index < -0.39 is 0 Å². The number of hydrogen-bond donors (Lipinski definition) is 2. The van der Waals surface area contributed by atoms with Gasteiger partial charge in [-0.25, -0.2) is 4.79 Å². The van der Waals surface area contributed by atoms with Gasteiger partial charge in [0.2, 0.25) is 0 Å². The monoisotopic (exact) mass is 406 g/mol. The van der Waals surface area contributed by atoms with Crippen LogP contribution in [0.3, 0.4) is 0 Å². The van der Waals surface area contributed by atoms with Crippen LogP contribution in [0, 0.1) is 6.92 Å². The normalized spacial score (nSPS) is 20.5. The van der Waals surface area contributed by atoms with Crippen LogP contribution in [0.4, 0.5) is 0 Å². The van der Waals surface area contributed by atoms with E-state index in [1.54, 1.807) is 11.0 Å². The molecule has 0 unspecified atom stereocenters. The maximum atomic E-state index is 12.0.